The Morgan fingerprint density at radius 3 is 2.86 bits per heavy atom. The molecular formula is C17H29N3O. The average Bonchev–Trinajstić information content (AvgIpc) is 3.03. The first-order valence-electron chi connectivity index (χ1n) is 8.30. The van der Waals surface area contributed by atoms with Crippen molar-refractivity contribution in [1.29, 1.82) is 0 Å². The Balaban J connectivity index is 1.95. The summed E-state index contributed by atoms with van der Waals surface area (Å²) in [7, 11) is 0. The van der Waals surface area contributed by atoms with E-state index in [2.05, 4.69) is 48.1 Å². The molecule has 2 atom stereocenters. The highest BCUT2D eigenvalue weighted by atomic mass is 16.5. The van der Waals surface area contributed by atoms with Crippen LogP contribution in [0.25, 0.3) is 0 Å². The van der Waals surface area contributed by atoms with Crippen molar-refractivity contribution in [3.63, 3.8) is 0 Å². The fraction of sp³-hybridized carbons (Fsp3) is 0.706. The number of nitrogens with one attached hydrogen (secondary N) is 1. The van der Waals surface area contributed by atoms with Crippen LogP contribution in [0.1, 0.15) is 51.8 Å². The molecule has 1 aromatic heterocycles. The number of hydrogen-bond donors (Lipinski definition) is 1. The van der Waals surface area contributed by atoms with E-state index < -0.39 is 0 Å². The lowest BCUT2D eigenvalue weighted by Gasteiger charge is -2.26. The maximum Gasteiger partial charge on any atom is 0.0750 e. The van der Waals surface area contributed by atoms with Gasteiger partial charge in [0.1, 0.15) is 0 Å². The third-order valence-corrected chi connectivity index (χ3v) is 4.11. The Bertz CT molecular complexity index is 401. The van der Waals surface area contributed by atoms with Crippen molar-refractivity contribution < 1.29 is 4.74 Å². The van der Waals surface area contributed by atoms with Crippen LogP contribution >= 0.6 is 0 Å². The van der Waals surface area contributed by atoms with E-state index in [1.54, 1.807) is 0 Å². The molecule has 0 amide bonds. The monoisotopic (exact) mass is 291 g/mol. The van der Waals surface area contributed by atoms with Crippen LogP contribution in [-0.2, 0) is 4.74 Å². The van der Waals surface area contributed by atoms with Crippen molar-refractivity contribution in [3.8, 4) is 0 Å². The smallest absolute Gasteiger partial charge is 0.0750 e. The number of nitrogens with zero attached hydrogens (tertiary/aromatic N) is 2. The molecule has 0 bridgehead atoms. The molecule has 0 aliphatic carbocycles. The van der Waals surface area contributed by atoms with Gasteiger partial charge in [-0.25, -0.2) is 0 Å². The average molecular weight is 291 g/mol. The molecule has 2 rings (SSSR count). The summed E-state index contributed by atoms with van der Waals surface area (Å²) >= 11 is 0. The zero-order valence-corrected chi connectivity index (χ0v) is 13.6. The van der Waals surface area contributed by atoms with Crippen molar-refractivity contribution in [3.05, 3.63) is 24.0 Å². The summed E-state index contributed by atoms with van der Waals surface area (Å²) in [5.41, 5.74) is 2.31. The zero-order chi connectivity index (χ0) is 15.1. The van der Waals surface area contributed by atoms with Gasteiger partial charge in [0.05, 0.1) is 23.7 Å². The van der Waals surface area contributed by atoms with Crippen molar-refractivity contribution in [2.24, 2.45) is 0 Å². The van der Waals surface area contributed by atoms with Gasteiger partial charge in [-0.05, 0) is 51.8 Å². The molecule has 1 aliphatic rings. The van der Waals surface area contributed by atoms with E-state index in [9.17, 15) is 0 Å². The molecule has 1 aliphatic heterocycles. The highest BCUT2D eigenvalue weighted by Gasteiger charge is 2.19. The standard InChI is InChI=1S/C17H29N3O/c1-4-10-18-14(3)17-9-8-15(12-19-17)20(5-2)13-16-7-6-11-21-16/h8-9,12,14,16,18H,4-7,10-11,13H2,1-3H3. The molecule has 0 saturated carbocycles. The van der Waals surface area contributed by atoms with E-state index >= 15 is 0 Å². The lowest BCUT2D eigenvalue weighted by molar-refractivity contribution is 0.115. The maximum absolute atomic E-state index is 5.74. The number of anilines is 1. The number of rotatable bonds is 8. The molecule has 2 unspecified atom stereocenters. The Labute approximate surface area is 128 Å². The normalized spacial score (nSPS) is 19.7. The van der Waals surface area contributed by atoms with Gasteiger partial charge in [-0.1, -0.05) is 6.92 Å². The van der Waals surface area contributed by atoms with Gasteiger partial charge in [-0.15, -0.1) is 0 Å². The second-order valence-corrected chi connectivity index (χ2v) is 5.79. The molecule has 1 aromatic rings. The predicted octanol–water partition coefficient (Wildman–Crippen LogP) is 3.15. The van der Waals surface area contributed by atoms with Crippen LogP contribution in [0.5, 0.6) is 0 Å². The third kappa shape index (κ3) is 4.68. The first kappa shape index (κ1) is 16.2. The van der Waals surface area contributed by atoms with Crippen LogP contribution in [0.4, 0.5) is 5.69 Å². The first-order valence-corrected chi connectivity index (χ1v) is 8.30. The van der Waals surface area contributed by atoms with Crippen molar-refractivity contribution in [2.75, 3.05) is 31.1 Å². The van der Waals surface area contributed by atoms with Crippen LogP contribution < -0.4 is 10.2 Å². The van der Waals surface area contributed by atoms with Gasteiger partial charge in [0.2, 0.25) is 0 Å². The molecule has 1 saturated heterocycles. The largest absolute Gasteiger partial charge is 0.376 e. The van der Waals surface area contributed by atoms with Gasteiger partial charge in [-0.3, -0.25) is 4.98 Å². The molecule has 0 spiro atoms. The minimum Gasteiger partial charge on any atom is -0.376 e. The van der Waals surface area contributed by atoms with Crippen LogP contribution in [0.15, 0.2) is 18.3 Å². The quantitative estimate of drug-likeness (QED) is 0.798. The Hall–Kier alpha value is -1.13. The van der Waals surface area contributed by atoms with Crippen LogP contribution in [0.2, 0.25) is 0 Å². The Kier molecular flexibility index (Phi) is 6.46. The number of ether oxygens (including phenoxy) is 1. The SMILES string of the molecule is CCCNC(C)c1ccc(N(CC)CC2CCCO2)cn1. The highest BCUT2D eigenvalue weighted by Crippen LogP contribution is 2.20. The number of aromatic nitrogens is 1. The van der Waals surface area contributed by atoms with Gasteiger partial charge < -0.3 is 15.0 Å². The van der Waals surface area contributed by atoms with E-state index in [4.69, 9.17) is 4.74 Å². The topological polar surface area (TPSA) is 37.4 Å². The summed E-state index contributed by atoms with van der Waals surface area (Å²) in [6.45, 7) is 10.5. The van der Waals surface area contributed by atoms with E-state index in [0.717, 1.165) is 38.4 Å². The molecule has 0 radical (unpaired) electrons. The van der Waals surface area contributed by atoms with E-state index in [-0.39, 0.29) is 0 Å². The van der Waals surface area contributed by atoms with E-state index in [1.165, 1.54) is 18.5 Å². The fourth-order valence-corrected chi connectivity index (χ4v) is 2.76. The van der Waals surface area contributed by atoms with Crippen LogP contribution in [-0.4, -0.2) is 37.3 Å². The molecule has 118 valence electrons. The van der Waals surface area contributed by atoms with Gasteiger partial charge >= 0.3 is 0 Å². The highest BCUT2D eigenvalue weighted by molar-refractivity contribution is 5.44. The summed E-state index contributed by atoms with van der Waals surface area (Å²) < 4.78 is 5.74. The van der Waals surface area contributed by atoms with Gasteiger partial charge in [-0.2, -0.15) is 0 Å². The fourth-order valence-electron chi connectivity index (χ4n) is 2.76. The first-order chi connectivity index (χ1) is 10.2. The third-order valence-electron chi connectivity index (χ3n) is 4.11. The van der Waals surface area contributed by atoms with Gasteiger partial charge in [0.25, 0.3) is 0 Å². The molecule has 4 heteroatoms. The van der Waals surface area contributed by atoms with E-state index in [1.807, 2.05) is 6.20 Å². The minimum absolute atomic E-state index is 0.312. The van der Waals surface area contributed by atoms with Crippen molar-refractivity contribution >= 4 is 5.69 Å². The van der Waals surface area contributed by atoms with Crippen molar-refractivity contribution in [2.45, 2.75) is 52.2 Å². The summed E-state index contributed by atoms with van der Waals surface area (Å²) in [4.78, 5) is 6.99. The molecule has 21 heavy (non-hydrogen) atoms. The summed E-state index contributed by atoms with van der Waals surface area (Å²) in [5, 5.41) is 3.47. The van der Waals surface area contributed by atoms with Crippen LogP contribution in [0.3, 0.4) is 0 Å². The summed E-state index contributed by atoms with van der Waals surface area (Å²) in [6, 6.07) is 4.64. The Morgan fingerprint density at radius 1 is 1.43 bits per heavy atom. The van der Waals surface area contributed by atoms with Gasteiger partial charge in [0, 0.05) is 25.7 Å². The second-order valence-electron chi connectivity index (χ2n) is 5.79. The molecule has 4 nitrogen and oxygen atoms in total. The molecule has 1 fully saturated rings. The molecule has 2 heterocycles. The summed E-state index contributed by atoms with van der Waals surface area (Å²) in [5.74, 6) is 0. The maximum atomic E-state index is 5.74. The number of hydrogen-bond acceptors (Lipinski definition) is 4. The summed E-state index contributed by atoms with van der Waals surface area (Å²) in [6.07, 6.45) is 5.90. The molecule has 0 aromatic carbocycles. The minimum atomic E-state index is 0.312. The lowest BCUT2D eigenvalue weighted by atomic mass is 10.2. The van der Waals surface area contributed by atoms with E-state index in [0.29, 0.717) is 12.1 Å². The predicted molar refractivity (Wildman–Crippen MR) is 87.8 cm³/mol. The van der Waals surface area contributed by atoms with Crippen LogP contribution in [0, 0.1) is 0 Å². The second kappa shape index (κ2) is 8.35. The number of pyridine rings is 1. The molecular weight excluding hydrogens is 262 g/mol. The number of likely N-dealkylation sites (N-methyl/N-ethyl adjacent to an activating group) is 1. The molecule has 1 N–H and O–H groups in total. The van der Waals surface area contributed by atoms with Gasteiger partial charge in [0.15, 0.2) is 0 Å². The zero-order valence-electron chi connectivity index (χ0n) is 13.6. The van der Waals surface area contributed by atoms with Crippen molar-refractivity contribution in [1.82, 2.24) is 10.3 Å². The Morgan fingerprint density at radius 2 is 2.29 bits per heavy atom. The lowest BCUT2D eigenvalue weighted by Crippen LogP contribution is -2.32.